The SMILES string of the molecule is Cc1cccc(Cl)c1NC(=O)c1ccc(C(=O)O)nc1. The van der Waals surface area contributed by atoms with E-state index in [9.17, 15) is 9.59 Å². The molecule has 0 unspecified atom stereocenters. The Morgan fingerprint density at radius 2 is 2.00 bits per heavy atom. The Morgan fingerprint density at radius 1 is 1.25 bits per heavy atom. The zero-order valence-corrected chi connectivity index (χ0v) is 11.3. The second-order valence-corrected chi connectivity index (χ2v) is 4.53. The molecule has 0 saturated heterocycles. The molecule has 1 aromatic carbocycles. The van der Waals surface area contributed by atoms with Gasteiger partial charge in [0.05, 0.1) is 16.3 Å². The van der Waals surface area contributed by atoms with Gasteiger partial charge >= 0.3 is 5.97 Å². The van der Waals surface area contributed by atoms with Crippen molar-refractivity contribution in [2.75, 3.05) is 5.32 Å². The van der Waals surface area contributed by atoms with Gasteiger partial charge in [-0.05, 0) is 30.7 Å². The van der Waals surface area contributed by atoms with E-state index in [1.807, 2.05) is 13.0 Å². The van der Waals surface area contributed by atoms with Gasteiger partial charge in [0.2, 0.25) is 0 Å². The third kappa shape index (κ3) is 2.95. The maximum atomic E-state index is 12.0. The molecule has 20 heavy (non-hydrogen) atoms. The summed E-state index contributed by atoms with van der Waals surface area (Å²) in [6.45, 7) is 1.83. The molecule has 1 heterocycles. The number of nitrogens with zero attached hydrogens (tertiary/aromatic N) is 1. The average Bonchev–Trinajstić information content (AvgIpc) is 2.43. The summed E-state index contributed by atoms with van der Waals surface area (Å²) >= 11 is 6.02. The maximum absolute atomic E-state index is 12.0. The van der Waals surface area contributed by atoms with Crippen molar-refractivity contribution >= 4 is 29.2 Å². The second-order valence-electron chi connectivity index (χ2n) is 4.12. The molecule has 0 radical (unpaired) electrons. The Hall–Kier alpha value is -2.40. The summed E-state index contributed by atoms with van der Waals surface area (Å²) in [5.41, 5.74) is 1.51. The highest BCUT2D eigenvalue weighted by Gasteiger charge is 2.12. The fourth-order valence-corrected chi connectivity index (χ4v) is 1.90. The number of amides is 1. The molecule has 2 rings (SSSR count). The van der Waals surface area contributed by atoms with E-state index in [-0.39, 0.29) is 11.3 Å². The number of hydrogen-bond acceptors (Lipinski definition) is 3. The van der Waals surface area contributed by atoms with Crippen LogP contribution < -0.4 is 5.32 Å². The molecule has 2 N–H and O–H groups in total. The first kappa shape index (κ1) is 14.0. The van der Waals surface area contributed by atoms with E-state index in [0.29, 0.717) is 10.7 Å². The number of aryl methyl sites for hydroxylation is 1. The van der Waals surface area contributed by atoms with Crippen molar-refractivity contribution in [2.45, 2.75) is 6.92 Å². The zero-order valence-electron chi connectivity index (χ0n) is 10.6. The quantitative estimate of drug-likeness (QED) is 0.911. The van der Waals surface area contributed by atoms with Crippen molar-refractivity contribution in [1.82, 2.24) is 4.98 Å². The number of rotatable bonds is 3. The molecule has 0 aliphatic heterocycles. The molecular formula is C14H11ClN2O3. The molecule has 2 aromatic rings. The minimum Gasteiger partial charge on any atom is -0.477 e. The molecule has 6 heteroatoms. The van der Waals surface area contributed by atoms with Crippen molar-refractivity contribution in [2.24, 2.45) is 0 Å². The van der Waals surface area contributed by atoms with Gasteiger partial charge in [0.25, 0.3) is 5.91 Å². The number of aromatic nitrogens is 1. The monoisotopic (exact) mass is 290 g/mol. The van der Waals surface area contributed by atoms with Crippen LogP contribution >= 0.6 is 11.6 Å². The van der Waals surface area contributed by atoms with Crippen LogP contribution in [0, 0.1) is 6.92 Å². The van der Waals surface area contributed by atoms with Crippen LogP contribution in [0.3, 0.4) is 0 Å². The van der Waals surface area contributed by atoms with Crippen molar-refractivity contribution < 1.29 is 14.7 Å². The number of carboxylic acids is 1. The topological polar surface area (TPSA) is 79.3 Å². The summed E-state index contributed by atoms with van der Waals surface area (Å²) < 4.78 is 0. The van der Waals surface area contributed by atoms with E-state index < -0.39 is 11.9 Å². The highest BCUT2D eigenvalue weighted by atomic mass is 35.5. The number of carboxylic acid groups (broad SMARTS) is 1. The van der Waals surface area contributed by atoms with Crippen molar-refractivity contribution in [3.05, 3.63) is 58.4 Å². The van der Waals surface area contributed by atoms with Gasteiger partial charge in [-0.3, -0.25) is 4.79 Å². The second kappa shape index (κ2) is 5.71. The van der Waals surface area contributed by atoms with Crippen molar-refractivity contribution in [1.29, 1.82) is 0 Å². The fraction of sp³-hybridized carbons (Fsp3) is 0.0714. The first-order chi connectivity index (χ1) is 9.49. The molecule has 0 bridgehead atoms. The highest BCUT2D eigenvalue weighted by molar-refractivity contribution is 6.34. The Bertz CT molecular complexity index is 648. The van der Waals surface area contributed by atoms with E-state index in [0.717, 1.165) is 5.56 Å². The minimum atomic E-state index is -1.14. The number of benzene rings is 1. The van der Waals surface area contributed by atoms with Gasteiger partial charge in [-0.25, -0.2) is 9.78 Å². The van der Waals surface area contributed by atoms with E-state index in [2.05, 4.69) is 10.3 Å². The number of carbonyl (C=O) groups excluding carboxylic acids is 1. The molecule has 5 nitrogen and oxygen atoms in total. The zero-order chi connectivity index (χ0) is 14.7. The minimum absolute atomic E-state index is 0.115. The Labute approximate surface area is 120 Å². The summed E-state index contributed by atoms with van der Waals surface area (Å²) in [6, 6.07) is 7.97. The van der Waals surface area contributed by atoms with Crippen LogP contribution in [0.1, 0.15) is 26.4 Å². The number of pyridine rings is 1. The first-order valence-corrected chi connectivity index (χ1v) is 6.12. The Balaban J connectivity index is 2.22. The largest absolute Gasteiger partial charge is 0.477 e. The molecule has 1 amide bonds. The third-order valence-corrected chi connectivity index (χ3v) is 3.02. The summed E-state index contributed by atoms with van der Waals surface area (Å²) in [6.07, 6.45) is 1.21. The lowest BCUT2D eigenvalue weighted by molar-refractivity contribution is 0.0690. The Kier molecular flexibility index (Phi) is 4.00. The summed E-state index contributed by atoms with van der Waals surface area (Å²) in [4.78, 5) is 26.4. The number of anilines is 1. The highest BCUT2D eigenvalue weighted by Crippen LogP contribution is 2.25. The van der Waals surface area contributed by atoms with Gasteiger partial charge in [0, 0.05) is 6.20 Å². The van der Waals surface area contributed by atoms with Crippen LogP contribution in [0.2, 0.25) is 5.02 Å². The van der Waals surface area contributed by atoms with Gasteiger partial charge in [-0.2, -0.15) is 0 Å². The van der Waals surface area contributed by atoms with Gasteiger partial charge in [0.1, 0.15) is 5.69 Å². The predicted octanol–water partition coefficient (Wildman–Crippen LogP) is 2.99. The lowest BCUT2D eigenvalue weighted by Crippen LogP contribution is -2.14. The average molecular weight is 291 g/mol. The van der Waals surface area contributed by atoms with Crippen molar-refractivity contribution in [3.8, 4) is 0 Å². The van der Waals surface area contributed by atoms with Crippen LogP contribution in [-0.4, -0.2) is 22.0 Å². The molecular weight excluding hydrogens is 280 g/mol. The molecule has 0 aliphatic carbocycles. The normalized spacial score (nSPS) is 10.1. The molecule has 1 aromatic heterocycles. The number of para-hydroxylation sites is 1. The van der Waals surface area contributed by atoms with Gasteiger partial charge in [0.15, 0.2) is 0 Å². The predicted molar refractivity (Wildman–Crippen MR) is 75.3 cm³/mol. The van der Waals surface area contributed by atoms with Gasteiger partial charge in [-0.1, -0.05) is 23.7 Å². The van der Waals surface area contributed by atoms with Crippen LogP contribution in [0.4, 0.5) is 5.69 Å². The van der Waals surface area contributed by atoms with E-state index in [1.54, 1.807) is 12.1 Å². The van der Waals surface area contributed by atoms with Crippen molar-refractivity contribution in [3.63, 3.8) is 0 Å². The third-order valence-electron chi connectivity index (χ3n) is 2.71. The number of halogens is 1. The number of aromatic carboxylic acids is 1. The molecule has 102 valence electrons. The lowest BCUT2D eigenvalue weighted by Gasteiger charge is -2.10. The van der Waals surface area contributed by atoms with Crippen LogP contribution in [0.5, 0.6) is 0 Å². The lowest BCUT2D eigenvalue weighted by atomic mass is 10.2. The Morgan fingerprint density at radius 3 is 2.55 bits per heavy atom. The van der Waals surface area contributed by atoms with E-state index in [4.69, 9.17) is 16.7 Å². The molecule has 0 fully saturated rings. The van der Waals surface area contributed by atoms with Crippen LogP contribution in [-0.2, 0) is 0 Å². The maximum Gasteiger partial charge on any atom is 0.354 e. The van der Waals surface area contributed by atoms with Crippen LogP contribution in [0.15, 0.2) is 36.5 Å². The smallest absolute Gasteiger partial charge is 0.354 e. The number of nitrogens with one attached hydrogen (secondary N) is 1. The number of carbonyl (C=O) groups is 2. The standard InChI is InChI=1S/C14H11ClN2O3/c1-8-3-2-4-10(15)12(8)17-13(18)9-5-6-11(14(19)20)16-7-9/h2-7H,1H3,(H,17,18)(H,19,20). The number of hydrogen-bond donors (Lipinski definition) is 2. The summed E-state index contributed by atoms with van der Waals surface area (Å²) in [7, 11) is 0. The molecule has 0 aliphatic rings. The van der Waals surface area contributed by atoms with E-state index >= 15 is 0 Å². The van der Waals surface area contributed by atoms with E-state index in [1.165, 1.54) is 18.3 Å². The fourth-order valence-electron chi connectivity index (χ4n) is 1.63. The molecule has 0 saturated carbocycles. The first-order valence-electron chi connectivity index (χ1n) is 5.75. The van der Waals surface area contributed by atoms with Gasteiger partial charge < -0.3 is 10.4 Å². The summed E-state index contributed by atoms with van der Waals surface area (Å²) in [5.74, 6) is -1.54. The van der Waals surface area contributed by atoms with Crippen LogP contribution in [0.25, 0.3) is 0 Å². The van der Waals surface area contributed by atoms with Gasteiger partial charge in [-0.15, -0.1) is 0 Å². The molecule has 0 atom stereocenters. The molecule has 0 spiro atoms. The summed E-state index contributed by atoms with van der Waals surface area (Å²) in [5, 5.41) is 11.9.